The van der Waals surface area contributed by atoms with E-state index in [0.29, 0.717) is 12.1 Å². The summed E-state index contributed by atoms with van der Waals surface area (Å²) < 4.78 is 0. The number of carbonyl (C=O) groups excluding carboxylic acids is 2. The summed E-state index contributed by atoms with van der Waals surface area (Å²) in [5.74, 6) is -1.38. The number of benzene rings is 1. The van der Waals surface area contributed by atoms with Crippen molar-refractivity contribution < 1.29 is 19.9 Å². The van der Waals surface area contributed by atoms with Crippen molar-refractivity contribution >= 4 is 11.8 Å². The van der Waals surface area contributed by atoms with Gasteiger partial charge >= 0.3 is 0 Å². The molecule has 20 heavy (non-hydrogen) atoms. The second kappa shape index (κ2) is 7.59. The van der Waals surface area contributed by atoms with Crippen molar-refractivity contribution in [2.75, 3.05) is 7.05 Å². The smallest absolute Gasteiger partial charge is 0.268 e. The van der Waals surface area contributed by atoms with E-state index in [4.69, 9.17) is 5.21 Å². The fourth-order valence-corrected chi connectivity index (χ4v) is 1.68. The highest BCUT2D eigenvalue weighted by atomic mass is 16.5. The molecule has 0 aliphatic carbocycles. The second-order valence-electron chi connectivity index (χ2n) is 4.40. The highest BCUT2D eigenvalue weighted by Gasteiger charge is 2.25. The Hall–Kier alpha value is -1.96. The maximum atomic E-state index is 11.9. The molecule has 0 radical (unpaired) electrons. The van der Waals surface area contributed by atoms with Gasteiger partial charge < -0.3 is 15.7 Å². The predicted octanol–water partition coefficient (Wildman–Crippen LogP) is -0.609. The number of amides is 2. The first-order valence-corrected chi connectivity index (χ1v) is 6.16. The van der Waals surface area contributed by atoms with Gasteiger partial charge in [-0.25, -0.2) is 5.48 Å². The predicted molar refractivity (Wildman–Crippen MR) is 72.1 cm³/mol. The molecule has 1 rings (SSSR count). The monoisotopic (exact) mass is 281 g/mol. The molecule has 2 amide bonds. The van der Waals surface area contributed by atoms with Crippen molar-refractivity contribution in [2.24, 2.45) is 0 Å². The highest BCUT2D eigenvalue weighted by Crippen LogP contribution is 2.05. The van der Waals surface area contributed by atoms with Crippen LogP contribution in [0.25, 0.3) is 0 Å². The third-order valence-electron chi connectivity index (χ3n) is 2.76. The molecule has 7 heteroatoms. The molecule has 0 aromatic heterocycles. The summed E-state index contributed by atoms with van der Waals surface area (Å²) in [5, 5.41) is 23.3. The normalized spacial score (nSPS) is 13.4. The maximum absolute atomic E-state index is 11.9. The maximum Gasteiger partial charge on any atom is 0.268 e. The zero-order valence-corrected chi connectivity index (χ0v) is 11.4. The van der Waals surface area contributed by atoms with Gasteiger partial charge in [0.25, 0.3) is 11.8 Å². The SMILES string of the molecule is CNCc1ccc(C(=O)N[C@H](C(=O)NO)[C@@H](C)O)cc1. The second-order valence-corrected chi connectivity index (χ2v) is 4.40. The van der Waals surface area contributed by atoms with Crippen molar-refractivity contribution in [3.05, 3.63) is 35.4 Å². The molecule has 0 heterocycles. The van der Waals surface area contributed by atoms with Gasteiger partial charge in [-0.3, -0.25) is 14.8 Å². The number of carbonyl (C=O) groups is 2. The van der Waals surface area contributed by atoms with E-state index >= 15 is 0 Å². The molecule has 1 aromatic rings. The fraction of sp³-hybridized carbons (Fsp3) is 0.385. The van der Waals surface area contributed by atoms with Gasteiger partial charge in [-0.15, -0.1) is 0 Å². The highest BCUT2D eigenvalue weighted by molar-refractivity contribution is 5.97. The van der Waals surface area contributed by atoms with Crippen LogP contribution < -0.4 is 16.1 Å². The summed E-state index contributed by atoms with van der Waals surface area (Å²) >= 11 is 0. The van der Waals surface area contributed by atoms with Gasteiger partial charge in [-0.2, -0.15) is 0 Å². The Morgan fingerprint density at radius 1 is 1.25 bits per heavy atom. The van der Waals surface area contributed by atoms with Crippen LogP contribution in [0.1, 0.15) is 22.8 Å². The molecule has 0 aliphatic heterocycles. The third kappa shape index (κ3) is 4.30. The third-order valence-corrected chi connectivity index (χ3v) is 2.76. The molecule has 0 fully saturated rings. The molecular weight excluding hydrogens is 262 g/mol. The molecule has 0 unspecified atom stereocenters. The van der Waals surface area contributed by atoms with Crippen LogP contribution in [0.5, 0.6) is 0 Å². The summed E-state index contributed by atoms with van der Waals surface area (Å²) in [6.45, 7) is 2.03. The number of aliphatic hydroxyl groups excluding tert-OH is 1. The van der Waals surface area contributed by atoms with E-state index in [1.807, 2.05) is 7.05 Å². The number of nitrogens with one attached hydrogen (secondary N) is 3. The average Bonchev–Trinajstić information content (AvgIpc) is 2.44. The Labute approximate surface area is 117 Å². The number of hydrogen-bond donors (Lipinski definition) is 5. The zero-order chi connectivity index (χ0) is 15.1. The summed E-state index contributed by atoms with van der Waals surface area (Å²) in [4.78, 5) is 23.3. The minimum absolute atomic E-state index is 0.362. The first kappa shape index (κ1) is 16.1. The summed E-state index contributed by atoms with van der Waals surface area (Å²) in [6.07, 6.45) is -1.13. The van der Waals surface area contributed by atoms with Gasteiger partial charge in [0.15, 0.2) is 0 Å². The van der Waals surface area contributed by atoms with Crippen molar-refractivity contribution in [3.63, 3.8) is 0 Å². The van der Waals surface area contributed by atoms with E-state index in [9.17, 15) is 14.7 Å². The van der Waals surface area contributed by atoms with Crippen molar-refractivity contribution in [3.8, 4) is 0 Å². The van der Waals surface area contributed by atoms with E-state index in [1.54, 1.807) is 24.3 Å². The van der Waals surface area contributed by atoms with Gasteiger partial charge in [-0.05, 0) is 31.7 Å². The van der Waals surface area contributed by atoms with Gasteiger partial charge in [0.1, 0.15) is 6.04 Å². The molecule has 110 valence electrons. The molecule has 2 atom stereocenters. The van der Waals surface area contributed by atoms with Gasteiger partial charge in [0.2, 0.25) is 0 Å². The molecule has 7 nitrogen and oxygen atoms in total. The van der Waals surface area contributed by atoms with E-state index in [-0.39, 0.29) is 0 Å². The number of aliphatic hydroxyl groups is 1. The molecule has 0 saturated heterocycles. The Balaban J connectivity index is 2.76. The molecule has 1 aromatic carbocycles. The van der Waals surface area contributed by atoms with Crippen LogP contribution in [0.3, 0.4) is 0 Å². The fourth-order valence-electron chi connectivity index (χ4n) is 1.68. The Morgan fingerprint density at radius 2 is 1.85 bits per heavy atom. The molecule has 0 aliphatic rings. The van der Waals surface area contributed by atoms with Crippen LogP contribution >= 0.6 is 0 Å². The van der Waals surface area contributed by atoms with Crippen LogP contribution in [0.15, 0.2) is 24.3 Å². The topological polar surface area (TPSA) is 111 Å². The minimum Gasteiger partial charge on any atom is -0.391 e. The lowest BCUT2D eigenvalue weighted by molar-refractivity contribution is -0.133. The molecule has 5 N–H and O–H groups in total. The standard InChI is InChI=1S/C13H19N3O4/c1-8(17)11(13(19)16-20)15-12(18)10-5-3-9(4-6-10)7-14-2/h3-6,8,11,14,17,20H,7H2,1-2H3,(H,15,18)(H,16,19)/t8-,11+/m1/s1. The lowest BCUT2D eigenvalue weighted by atomic mass is 10.1. The van der Waals surface area contributed by atoms with Crippen LogP contribution in [-0.2, 0) is 11.3 Å². The van der Waals surface area contributed by atoms with Crippen LogP contribution in [0, 0.1) is 0 Å². The van der Waals surface area contributed by atoms with Crippen molar-refractivity contribution in [1.29, 1.82) is 0 Å². The quantitative estimate of drug-likeness (QED) is 0.353. The van der Waals surface area contributed by atoms with Crippen LogP contribution in [0.2, 0.25) is 0 Å². The molecule has 0 spiro atoms. The number of hydroxylamine groups is 1. The lowest BCUT2D eigenvalue weighted by Gasteiger charge is -2.19. The number of hydrogen-bond acceptors (Lipinski definition) is 5. The largest absolute Gasteiger partial charge is 0.391 e. The summed E-state index contributed by atoms with van der Waals surface area (Å²) in [7, 11) is 1.82. The van der Waals surface area contributed by atoms with Gasteiger partial charge in [-0.1, -0.05) is 12.1 Å². The molecular formula is C13H19N3O4. The van der Waals surface area contributed by atoms with Crippen LogP contribution in [0.4, 0.5) is 0 Å². The van der Waals surface area contributed by atoms with Gasteiger partial charge in [0, 0.05) is 12.1 Å². The van der Waals surface area contributed by atoms with E-state index in [1.165, 1.54) is 12.4 Å². The number of rotatable bonds is 6. The molecule has 0 saturated carbocycles. The minimum atomic E-state index is -1.22. The van der Waals surface area contributed by atoms with E-state index in [0.717, 1.165) is 5.56 Å². The van der Waals surface area contributed by atoms with Crippen molar-refractivity contribution in [1.82, 2.24) is 16.1 Å². The average molecular weight is 281 g/mol. The van der Waals surface area contributed by atoms with E-state index < -0.39 is 24.0 Å². The Bertz CT molecular complexity index is 459. The Kier molecular flexibility index (Phi) is 6.10. The summed E-state index contributed by atoms with van der Waals surface area (Å²) in [6, 6.07) is 5.60. The first-order chi connectivity index (χ1) is 9.49. The first-order valence-electron chi connectivity index (χ1n) is 6.16. The lowest BCUT2D eigenvalue weighted by Crippen LogP contribution is -2.51. The Morgan fingerprint density at radius 3 is 2.30 bits per heavy atom. The van der Waals surface area contributed by atoms with E-state index in [2.05, 4.69) is 10.6 Å². The van der Waals surface area contributed by atoms with Crippen molar-refractivity contribution in [2.45, 2.75) is 25.6 Å². The zero-order valence-electron chi connectivity index (χ0n) is 11.4. The van der Waals surface area contributed by atoms with Crippen LogP contribution in [-0.4, -0.2) is 41.3 Å². The molecule has 0 bridgehead atoms. The van der Waals surface area contributed by atoms with Gasteiger partial charge in [0.05, 0.1) is 6.10 Å². The summed E-state index contributed by atoms with van der Waals surface area (Å²) in [5.41, 5.74) is 2.79.